The lowest BCUT2D eigenvalue weighted by Crippen LogP contribution is -2.26. The molecule has 2 amide bonds. The molecule has 31 heavy (non-hydrogen) atoms. The van der Waals surface area contributed by atoms with E-state index in [2.05, 4.69) is 10.6 Å². The zero-order chi connectivity index (χ0) is 22.2. The maximum absolute atomic E-state index is 12.8. The van der Waals surface area contributed by atoms with Crippen molar-refractivity contribution in [3.8, 4) is 5.75 Å². The van der Waals surface area contributed by atoms with E-state index >= 15 is 0 Å². The average molecular weight is 418 g/mol. The lowest BCUT2D eigenvalue weighted by molar-refractivity contribution is -0.114. The molecule has 0 atom stereocenters. The highest BCUT2D eigenvalue weighted by molar-refractivity contribution is 6.06. The summed E-state index contributed by atoms with van der Waals surface area (Å²) in [5.41, 5.74) is 2.74. The molecule has 0 saturated heterocycles. The number of carbonyl (C=O) groups excluding carboxylic acids is 2. The van der Waals surface area contributed by atoms with Gasteiger partial charge in [0, 0.05) is 29.7 Å². The first kappa shape index (κ1) is 21.9. The Kier molecular flexibility index (Phi) is 7.27. The van der Waals surface area contributed by atoms with Crippen molar-refractivity contribution in [2.24, 2.45) is 0 Å². The van der Waals surface area contributed by atoms with Crippen LogP contribution in [0.2, 0.25) is 0 Å². The van der Waals surface area contributed by atoms with E-state index in [1.54, 1.807) is 42.3 Å². The molecule has 6 nitrogen and oxygen atoms in total. The second-order valence-corrected chi connectivity index (χ2v) is 7.37. The average Bonchev–Trinajstić information content (AvgIpc) is 2.78. The van der Waals surface area contributed by atoms with Crippen LogP contribution in [0.5, 0.6) is 5.75 Å². The number of hydrogen-bond acceptors (Lipinski definition) is 4. The minimum atomic E-state index is -0.185. The maximum atomic E-state index is 12.8. The minimum absolute atomic E-state index is 0.0798. The smallest absolute Gasteiger partial charge is 0.258 e. The summed E-state index contributed by atoms with van der Waals surface area (Å²) in [4.78, 5) is 26.7. The number of amides is 2. The lowest BCUT2D eigenvalue weighted by Gasteiger charge is -2.18. The SMILES string of the molecule is CC(C)Oc1ccc(NC(=O)CNc2cccc(C(=O)N(C)c3ccccc3)c2)cc1. The monoisotopic (exact) mass is 417 g/mol. The van der Waals surface area contributed by atoms with Crippen LogP contribution in [0.3, 0.4) is 0 Å². The first-order chi connectivity index (χ1) is 14.9. The quantitative estimate of drug-likeness (QED) is 0.552. The van der Waals surface area contributed by atoms with Crippen molar-refractivity contribution >= 4 is 28.9 Å². The van der Waals surface area contributed by atoms with Crippen LogP contribution in [0.1, 0.15) is 24.2 Å². The molecular formula is C25H27N3O3. The first-order valence-electron chi connectivity index (χ1n) is 10.2. The van der Waals surface area contributed by atoms with Crippen LogP contribution >= 0.6 is 0 Å². The molecule has 0 aromatic heterocycles. The van der Waals surface area contributed by atoms with Gasteiger partial charge in [-0.3, -0.25) is 9.59 Å². The number of para-hydroxylation sites is 1. The van der Waals surface area contributed by atoms with Crippen molar-refractivity contribution in [2.75, 3.05) is 29.1 Å². The van der Waals surface area contributed by atoms with Crippen molar-refractivity contribution in [3.63, 3.8) is 0 Å². The third-order valence-electron chi connectivity index (χ3n) is 4.52. The number of carbonyl (C=O) groups is 2. The van der Waals surface area contributed by atoms with Gasteiger partial charge in [0.05, 0.1) is 12.6 Å². The summed E-state index contributed by atoms with van der Waals surface area (Å²) in [5.74, 6) is 0.451. The molecule has 0 aliphatic carbocycles. The van der Waals surface area contributed by atoms with Crippen LogP contribution in [0, 0.1) is 0 Å². The zero-order valence-corrected chi connectivity index (χ0v) is 18.0. The van der Waals surface area contributed by atoms with Gasteiger partial charge in [0.25, 0.3) is 5.91 Å². The second-order valence-electron chi connectivity index (χ2n) is 7.37. The van der Waals surface area contributed by atoms with E-state index in [0.717, 1.165) is 11.4 Å². The minimum Gasteiger partial charge on any atom is -0.491 e. The fraction of sp³-hybridized carbons (Fsp3) is 0.200. The van der Waals surface area contributed by atoms with Gasteiger partial charge in [-0.2, -0.15) is 0 Å². The Bertz CT molecular complexity index is 1020. The highest BCUT2D eigenvalue weighted by Gasteiger charge is 2.14. The van der Waals surface area contributed by atoms with E-state index in [0.29, 0.717) is 16.9 Å². The topological polar surface area (TPSA) is 70.7 Å². The highest BCUT2D eigenvalue weighted by atomic mass is 16.5. The summed E-state index contributed by atoms with van der Waals surface area (Å²) in [6, 6.07) is 23.8. The predicted octanol–water partition coefficient (Wildman–Crippen LogP) is 4.80. The Morgan fingerprint density at radius 1 is 0.903 bits per heavy atom. The largest absolute Gasteiger partial charge is 0.491 e. The summed E-state index contributed by atoms with van der Waals surface area (Å²) in [6.45, 7) is 4.00. The van der Waals surface area contributed by atoms with Crippen LogP contribution in [-0.2, 0) is 4.79 Å². The fourth-order valence-corrected chi connectivity index (χ4v) is 3.00. The van der Waals surface area contributed by atoms with Gasteiger partial charge in [-0.25, -0.2) is 0 Å². The van der Waals surface area contributed by atoms with Crippen LogP contribution < -0.4 is 20.3 Å². The summed E-state index contributed by atoms with van der Waals surface area (Å²) in [5, 5.41) is 5.91. The molecule has 2 N–H and O–H groups in total. The zero-order valence-electron chi connectivity index (χ0n) is 18.0. The van der Waals surface area contributed by atoms with E-state index in [1.807, 2.05) is 62.4 Å². The van der Waals surface area contributed by atoms with Crippen LogP contribution in [0.4, 0.5) is 17.1 Å². The molecule has 0 aliphatic heterocycles. The van der Waals surface area contributed by atoms with Gasteiger partial charge in [-0.1, -0.05) is 24.3 Å². The summed E-state index contributed by atoms with van der Waals surface area (Å²) < 4.78 is 5.60. The number of ether oxygens (including phenoxy) is 1. The Labute approximate surface area is 182 Å². The Morgan fingerprint density at radius 2 is 1.61 bits per heavy atom. The molecule has 0 saturated carbocycles. The maximum Gasteiger partial charge on any atom is 0.258 e. The molecule has 3 aromatic carbocycles. The Hall–Kier alpha value is -3.80. The molecule has 0 radical (unpaired) electrons. The fourth-order valence-electron chi connectivity index (χ4n) is 3.00. The van der Waals surface area contributed by atoms with Gasteiger partial charge in [-0.05, 0) is 68.4 Å². The Morgan fingerprint density at radius 3 is 2.29 bits per heavy atom. The van der Waals surface area contributed by atoms with Crippen LogP contribution in [0.15, 0.2) is 78.9 Å². The molecule has 3 aromatic rings. The molecule has 0 bridgehead atoms. The number of nitrogens with one attached hydrogen (secondary N) is 2. The van der Waals surface area contributed by atoms with Gasteiger partial charge < -0.3 is 20.3 Å². The standard InChI is InChI=1S/C25H27N3O3/c1-18(2)31-23-14-12-20(13-15-23)27-24(29)17-26-21-9-7-8-19(16-21)25(30)28(3)22-10-5-4-6-11-22/h4-16,18,26H,17H2,1-3H3,(H,27,29). The van der Waals surface area contributed by atoms with Crippen molar-refractivity contribution in [3.05, 3.63) is 84.4 Å². The molecule has 160 valence electrons. The summed E-state index contributed by atoms with van der Waals surface area (Å²) in [6.07, 6.45) is 0.0970. The number of hydrogen-bond donors (Lipinski definition) is 2. The van der Waals surface area contributed by atoms with E-state index in [1.165, 1.54) is 0 Å². The molecule has 0 heterocycles. The molecular weight excluding hydrogens is 390 g/mol. The molecule has 0 unspecified atom stereocenters. The summed E-state index contributed by atoms with van der Waals surface area (Å²) >= 11 is 0. The third kappa shape index (κ3) is 6.34. The predicted molar refractivity (Wildman–Crippen MR) is 125 cm³/mol. The summed E-state index contributed by atoms with van der Waals surface area (Å²) in [7, 11) is 1.74. The van der Waals surface area contributed by atoms with E-state index in [4.69, 9.17) is 4.74 Å². The van der Waals surface area contributed by atoms with E-state index in [-0.39, 0.29) is 24.5 Å². The number of nitrogens with zero attached hydrogens (tertiary/aromatic N) is 1. The van der Waals surface area contributed by atoms with Crippen LogP contribution in [-0.4, -0.2) is 31.5 Å². The van der Waals surface area contributed by atoms with E-state index in [9.17, 15) is 9.59 Å². The molecule has 6 heteroatoms. The third-order valence-corrected chi connectivity index (χ3v) is 4.52. The van der Waals surface area contributed by atoms with E-state index < -0.39 is 0 Å². The highest BCUT2D eigenvalue weighted by Crippen LogP contribution is 2.18. The number of anilines is 3. The van der Waals surface area contributed by atoms with Gasteiger partial charge in [-0.15, -0.1) is 0 Å². The Balaban J connectivity index is 1.56. The number of rotatable bonds is 8. The molecule has 0 spiro atoms. The van der Waals surface area contributed by atoms with Gasteiger partial charge in [0.1, 0.15) is 5.75 Å². The second kappa shape index (κ2) is 10.3. The van der Waals surface area contributed by atoms with Crippen molar-refractivity contribution < 1.29 is 14.3 Å². The molecule has 0 aliphatic rings. The normalized spacial score (nSPS) is 10.5. The van der Waals surface area contributed by atoms with Crippen molar-refractivity contribution in [1.82, 2.24) is 0 Å². The molecule has 3 rings (SSSR count). The van der Waals surface area contributed by atoms with Gasteiger partial charge in [0.15, 0.2) is 0 Å². The lowest BCUT2D eigenvalue weighted by atomic mass is 10.1. The van der Waals surface area contributed by atoms with Gasteiger partial charge in [0.2, 0.25) is 5.91 Å². The van der Waals surface area contributed by atoms with Crippen LogP contribution in [0.25, 0.3) is 0 Å². The van der Waals surface area contributed by atoms with Gasteiger partial charge >= 0.3 is 0 Å². The first-order valence-corrected chi connectivity index (χ1v) is 10.2. The number of benzene rings is 3. The van der Waals surface area contributed by atoms with Crippen molar-refractivity contribution in [2.45, 2.75) is 20.0 Å². The molecule has 0 fully saturated rings. The van der Waals surface area contributed by atoms with Crippen molar-refractivity contribution in [1.29, 1.82) is 0 Å².